The fraction of sp³-hybridized carbons (Fsp3) is 0.579. The molecule has 2 aromatic rings. The Kier molecular flexibility index (Phi) is 5.53. The van der Waals surface area contributed by atoms with Crippen LogP contribution in [0.3, 0.4) is 0 Å². The lowest BCUT2D eigenvalue weighted by atomic mass is 10.0. The first-order valence-electron chi connectivity index (χ1n) is 9.75. The summed E-state index contributed by atoms with van der Waals surface area (Å²) in [6.45, 7) is 2.50. The maximum Gasteiger partial charge on any atom is 0.573 e. The summed E-state index contributed by atoms with van der Waals surface area (Å²) in [5.74, 6) is -0.261. The molecule has 3 heterocycles. The summed E-state index contributed by atoms with van der Waals surface area (Å²) < 4.78 is 48.4. The summed E-state index contributed by atoms with van der Waals surface area (Å²) in [6, 6.07) is 4.30. The third-order valence-corrected chi connectivity index (χ3v) is 5.39. The standard InChI is InChI=1S/C19H23F3N4O3/c20-19(21,22)29-16-3-4-17-13(10-16)11-23-26(17)15-5-7-25(8-6-15)18(27)24-14-2-1-9-28-12-14/h3-4,10-11,14-15H,1-2,5-9,12H2,(H,24,27). The van der Waals surface area contributed by atoms with E-state index in [2.05, 4.69) is 15.2 Å². The highest BCUT2D eigenvalue weighted by Crippen LogP contribution is 2.30. The molecule has 1 N–H and O–H groups in total. The van der Waals surface area contributed by atoms with Crippen LogP contribution in [0.4, 0.5) is 18.0 Å². The molecule has 2 saturated heterocycles. The van der Waals surface area contributed by atoms with Crippen molar-refractivity contribution in [1.29, 1.82) is 0 Å². The van der Waals surface area contributed by atoms with Gasteiger partial charge in [-0.1, -0.05) is 0 Å². The Bertz CT molecular complexity index is 856. The molecule has 1 aromatic heterocycles. The number of amides is 2. The summed E-state index contributed by atoms with van der Waals surface area (Å²) >= 11 is 0. The number of ether oxygens (including phenoxy) is 2. The second-order valence-electron chi connectivity index (χ2n) is 7.44. The molecule has 1 unspecified atom stereocenters. The predicted octanol–water partition coefficient (Wildman–Crippen LogP) is 3.46. The number of likely N-dealkylation sites (tertiary alicyclic amines) is 1. The lowest BCUT2D eigenvalue weighted by molar-refractivity contribution is -0.274. The fourth-order valence-electron chi connectivity index (χ4n) is 3.95. The van der Waals surface area contributed by atoms with Gasteiger partial charge in [-0.25, -0.2) is 4.79 Å². The highest BCUT2D eigenvalue weighted by molar-refractivity contribution is 5.80. The van der Waals surface area contributed by atoms with Gasteiger partial charge in [-0.05, 0) is 43.9 Å². The molecule has 0 aliphatic carbocycles. The number of nitrogens with zero attached hydrogens (tertiary/aromatic N) is 3. The van der Waals surface area contributed by atoms with Crippen molar-refractivity contribution in [2.24, 2.45) is 0 Å². The van der Waals surface area contributed by atoms with Gasteiger partial charge in [0, 0.05) is 25.1 Å². The minimum atomic E-state index is -4.72. The van der Waals surface area contributed by atoms with Crippen molar-refractivity contribution in [3.8, 4) is 5.75 Å². The maximum absolute atomic E-state index is 12.5. The number of rotatable bonds is 3. The molecule has 2 aliphatic heterocycles. The molecule has 1 atom stereocenters. The summed E-state index contributed by atoms with van der Waals surface area (Å²) in [7, 11) is 0. The number of carbonyl (C=O) groups excluding carboxylic acids is 1. The number of halogens is 3. The molecular weight excluding hydrogens is 389 g/mol. The van der Waals surface area contributed by atoms with Crippen molar-refractivity contribution in [1.82, 2.24) is 20.0 Å². The van der Waals surface area contributed by atoms with Crippen LogP contribution in [0, 0.1) is 0 Å². The lowest BCUT2D eigenvalue weighted by Gasteiger charge is -2.34. The van der Waals surface area contributed by atoms with Crippen molar-refractivity contribution < 1.29 is 27.4 Å². The molecule has 2 amide bonds. The molecule has 2 aliphatic rings. The average molecular weight is 412 g/mol. The van der Waals surface area contributed by atoms with Crippen LogP contribution < -0.4 is 10.1 Å². The van der Waals surface area contributed by atoms with Crippen LogP contribution in [-0.4, -0.2) is 59.4 Å². The molecule has 10 heteroatoms. The maximum atomic E-state index is 12.5. The quantitative estimate of drug-likeness (QED) is 0.839. The van der Waals surface area contributed by atoms with Crippen LogP contribution in [0.1, 0.15) is 31.7 Å². The van der Waals surface area contributed by atoms with E-state index in [-0.39, 0.29) is 23.9 Å². The van der Waals surface area contributed by atoms with Crippen LogP contribution in [0.25, 0.3) is 10.9 Å². The van der Waals surface area contributed by atoms with Gasteiger partial charge in [-0.15, -0.1) is 13.2 Å². The Balaban J connectivity index is 1.37. The van der Waals surface area contributed by atoms with E-state index in [0.717, 1.165) is 37.8 Å². The van der Waals surface area contributed by atoms with Crippen molar-refractivity contribution >= 4 is 16.9 Å². The Labute approximate surface area is 165 Å². The van der Waals surface area contributed by atoms with Crippen molar-refractivity contribution in [2.45, 2.75) is 44.1 Å². The fourth-order valence-corrected chi connectivity index (χ4v) is 3.95. The van der Waals surface area contributed by atoms with Gasteiger partial charge in [0.15, 0.2) is 0 Å². The number of fused-ring (bicyclic) bond motifs is 1. The largest absolute Gasteiger partial charge is 0.573 e. The van der Waals surface area contributed by atoms with Crippen molar-refractivity contribution in [2.75, 3.05) is 26.3 Å². The number of urea groups is 1. The first-order chi connectivity index (χ1) is 13.9. The molecular formula is C19H23F3N4O3. The second kappa shape index (κ2) is 8.10. The zero-order valence-electron chi connectivity index (χ0n) is 15.8. The Hall–Kier alpha value is -2.49. The Morgan fingerprint density at radius 1 is 1.24 bits per heavy atom. The summed E-state index contributed by atoms with van der Waals surface area (Å²) in [5, 5.41) is 7.98. The topological polar surface area (TPSA) is 68.6 Å². The number of alkyl halides is 3. The summed E-state index contributed by atoms with van der Waals surface area (Å²) in [5.41, 5.74) is 0.752. The zero-order valence-corrected chi connectivity index (χ0v) is 15.8. The van der Waals surface area contributed by atoms with Gasteiger partial charge in [-0.3, -0.25) is 4.68 Å². The monoisotopic (exact) mass is 412 g/mol. The van der Waals surface area contributed by atoms with Gasteiger partial charge in [-0.2, -0.15) is 5.10 Å². The number of carbonyl (C=O) groups is 1. The zero-order chi connectivity index (χ0) is 20.4. The SMILES string of the molecule is O=C(NC1CCCOC1)N1CCC(n2ncc3cc(OC(F)(F)F)ccc32)CC1. The minimum Gasteiger partial charge on any atom is -0.406 e. The van der Waals surface area contributed by atoms with Crippen LogP contribution >= 0.6 is 0 Å². The number of benzene rings is 1. The molecule has 0 bridgehead atoms. The van der Waals surface area contributed by atoms with E-state index in [1.54, 1.807) is 17.2 Å². The molecule has 29 heavy (non-hydrogen) atoms. The third-order valence-electron chi connectivity index (χ3n) is 5.39. The Morgan fingerprint density at radius 3 is 2.72 bits per heavy atom. The number of hydrogen-bond acceptors (Lipinski definition) is 4. The van der Waals surface area contributed by atoms with Crippen LogP contribution in [0.15, 0.2) is 24.4 Å². The highest BCUT2D eigenvalue weighted by Gasteiger charge is 2.31. The molecule has 1 aromatic carbocycles. The number of hydrogen-bond donors (Lipinski definition) is 1. The van der Waals surface area contributed by atoms with E-state index in [4.69, 9.17) is 4.74 Å². The van der Waals surface area contributed by atoms with E-state index in [1.165, 1.54) is 12.1 Å². The van der Waals surface area contributed by atoms with Gasteiger partial charge in [0.1, 0.15) is 5.75 Å². The van der Waals surface area contributed by atoms with E-state index in [1.807, 2.05) is 4.68 Å². The van der Waals surface area contributed by atoms with E-state index < -0.39 is 6.36 Å². The second-order valence-corrected chi connectivity index (χ2v) is 7.44. The molecule has 2 fully saturated rings. The van der Waals surface area contributed by atoms with Gasteiger partial charge in [0.2, 0.25) is 0 Å². The first-order valence-corrected chi connectivity index (χ1v) is 9.75. The van der Waals surface area contributed by atoms with E-state index in [9.17, 15) is 18.0 Å². The molecule has 0 spiro atoms. The van der Waals surface area contributed by atoms with Crippen LogP contribution in [0.5, 0.6) is 5.75 Å². The average Bonchev–Trinajstić information content (AvgIpc) is 3.11. The highest BCUT2D eigenvalue weighted by atomic mass is 19.4. The molecule has 158 valence electrons. The molecule has 4 rings (SSSR count). The number of piperidine rings is 1. The van der Waals surface area contributed by atoms with Gasteiger partial charge in [0.25, 0.3) is 0 Å². The van der Waals surface area contributed by atoms with Crippen LogP contribution in [0.2, 0.25) is 0 Å². The van der Waals surface area contributed by atoms with Gasteiger partial charge in [0.05, 0.1) is 30.4 Å². The van der Waals surface area contributed by atoms with E-state index in [0.29, 0.717) is 25.1 Å². The number of aromatic nitrogens is 2. The normalized spacial score (nSPS) is 21.3. The van der Waals surface area contributed by atoms with E-state index >= 15 is 0 Å². The Morgan fingerprint density at radius 2 is 2.03 bits per heavy atom. The third kappa shape index (κ3) is 4.75. The van der Waals surface area contributed by atoms with Crippen molar-refractivity contribution in [3.05, 3.63) is 24.4 Å². The number of nitrogens with one attached hydrogen (secondary N) is 1. The van der Waals surface area contributed by atoms with Crippen LogP contribution in [-0.2, 0) is 4.74 Å². The first kappa shape index (κ1) is 19.8. The summed E-state index contributed by atoms with van der Waals surface area (Å²) in [6.07, 6.45) is 0.163. The summed E-state index contributed by atoms with van der Waals surface area (Å²) in [4.78, 5) is 14.3. The molecule has 0 saturated carbocycles. The molecule has 7 nitrogen and oxygen atoms in total. The minimum absolute atomic E-state index is 0.0668. The van der Waals surface area contributed by atoms with Gasteiger partial charge >= 0.3 is 12.4 Å². The predicted molar refractivity (Wildman–Crippen MR) is 98.6 cm³/mol. The smallest absolute Gasteiger partial charge is 0.406 e. The van der Waals surface area contributed by atoms with Crippen molar-refractivity contribution in [3.63, 3.8) is 0 Å². The molecule has 0 radical (unpaired) electrons. The lowest BCUT2D eigenvalue weighted by Crippen LogP contribution is -2.50. The van der Waals surface area contributed by atoms with Gasteiger partial charge < -0.3 is 19.7 Å².